The largest absolute Gasteiger partial charge is 0.292 e. The lowest BCUT2D eigenvalue weighted by Crippen LogP contribution is -1.98. The molecule has 0 spiro atoms. The van der Waals surface area contributed by atoms with Crippen LogP contribution in [-0.2, 0) is 0 Å². The Balaban J connectivity index is 2.34. The number of carbonyl (C=O) groups excluding carboxylic acids is 1. The van der Waals surface area contributed by atoms with Crippen molar-refractivity contribution in [1.29, 1.82) is 0 Å². The first kappa shape index (κ1) is 8.64. The SMILES string of the molecule is C=CCCCC(=O)c1cn[nH]n1. The van der Waals surface area contributed by atoms with Crippen molar-refractivity contribution in [1.82, 2.24) is 15.4 Å². The average molecular weight is 165 g/mol. The Morgan fingerprint density at radius 2 is 2.58 bits per heavy atom. The second-order valence-corrected chi connectivity index (χ2v) is 2.46. The zero-order valence-electron chi connectivity index (χ0n) is 6.79. The first-order chi connectivity index (χ1) is 5.84. The molecule has 0 aliphatic rings. The molecule has 1 aromatic rings. The van der Waals surface area contributed by atoms with Crippen molar-refractivity contribution in [3.8, 4) is 0 Å². The second kappa shape index (κ2) is 4.43. The highest BCUT2D eigenvalue weighted by atomic mass is 16.1. The summed E-state index contributed by atoms with van der Waals surface area (Å²) in [6.07, 6.45) is 5.45. The molecule has 0 fully saturated rings. The Bertz CT molecular complexity index is 253. The summed E-state index contributed by atoms with van der Waals surface area (Å²) in [7, 11) is 0. The molecule has 0 aromatic carbocycles. The van der Waals surface area contributed by atoms with Gasteiger partial charge in [-0.15, -0.1) is 6.58 Å². The minimum absolute atomic E-state index is 0.0330. The molecular formula is C8H11N3O. The van der Waals surface area contributed by atoms with E-state index in [9.17, 15) is 4.79 Å². The summed E-state index contributed by atoms with van der Waals surface area (Å²) < 4.78 is 0. The number of aromatic nitrogens is 3. The first-order valence-corrected chi connectivity index (χ1v) is 3.84. The van der Waals surface area contributed by atoms with Crippen LogP contribution in [-0.4, -0.2) is 21.2 Å². The maximum absolute atomic E-state index is 11.2. The highest BCUT2D eigenvalue weighted by molar-refractivity contribution is 5.93. The molecule has 64 valence electrons. The Morgan fingerprint density at radius 1 is 1.75 bits per heavy atom. The van der Waals surface area contributed by atoms with E-state index in [0.29, 0.717) is 12.1 Å². The number of carbonyl (C=O) groups is 1. The van der Waals surface area contributed by atoms with Gasteiger partial charge in [0.1, 0.15) is 5.69 Å². The molecule has 1 heterocycles. The van der Waals surface area contributed by atoms with Gasteiger partial charge in [-0.3, -0.25) is 4.79 Å². The van der Waals surface area contributed by atoms with Crippen molar-refractivity contribution in [2.24, 2.45) is 0 Å². The summed E-state index contributed by atoms with van der Waals surface area (Å²) in [5.41, 5.74) is 0.416. The van der Waals surface area contributed by atoms with Gasteiger partial charge in [-0.1, -0.05) is 6.08 Å². The smallest absolute Gasteiger partial charge is 0.184 e. The van der Waals surface area contributed by atoms with Crippen LogP contribution in [0, 0.1) is 0 Å². The van der Waals surface area contributed by atoms with E-state index >= 15 is 0 Å². The monoisotopic (exact) mass is 165 g/mol. The number of H-pyrrole nitrogens is 1. The third-order valence-corrected chi connectivity index (χ3v) is 1.51. The Hall–Kier alpha value is -1.45. The number of rotatable bonds is 5. The van der Waals surface area contributed by atoms with Gasteiger partial charge in [0.2, 0.25) is 0 Å². The topological polar surface area (TPSA) is 58.6 Å². The summed E-state index contributed by atoms with van der Waals surface area (Å²) >= 11 is 0. The number of unbranched alkanes of at least 4 members (excludes halogenated alkanes) is 1. The molecule has 4 heteroatoms. The van der Waals surface area contributed by atoms with E-state index in [1.165, 1.54) is 6.20 Å². The van der Waals surface area contributed by atoms with Crippen LogP contribution in [0.4, 0.5) is 0 Å². The highest BCUT2D eigenvalue weighted by Gasteiger charge is 2.06. The van der Waals surface area contributed by atoms with Crippen molar-refractivity contribution in [2.75, 3.05) is 0 Å². The van der Waals surface area contributed by atoms with Gasteiger partial charge in [-0.25, -0.2) is 0 Å². The number of nitrogens with one attached hydrogen (secondary N) is 1. The molecule has 1 aromatic heterocycles. The predicted molar refractivity (Wildman–Crippen MR) is 44.8 cm³/mol. The second-order valence-electron chi connectivity index (χ2n) is 2.46. The molecule has 0 aliphatic heterocycles. The first-order valence-electron chi connectivity index (χ1n) is 3.84. The van der Waals surface area contributed by atoms with Crippen LogP contribution in [0.3, 0.4) is 0 Å². The normalized spacial score (nSPS) is 9.67. The fourth-order valence-electron chi connectivity index (χ4n) is 0.871. The van der Waals surface area contributed by atoms with Gasteiger partial charge in [0.15, 0.2) is 5.78 Å². The predicted octanol–water partition coefficient (Wildman–Crippen LogP) is 1.34. The lowest BCUT2D eigenvalue weighted by atomic mass is 10.1. The van der Waals surface area contributed by atoms with Gasteiger partial charge in [0.25, 0.3) is 0 Å². The van der Waals surface area contributed by atoms with Crippen LogP contribution in [0.2, 0.25) is 0 Å². The van der Waals surface area contributed by atoms with E-state index in [1.807, 2.05) is 0 Å². The third kappa shape index (κ3) is 2.30. The number of nitrogens with zero attached hydrogens (tertiary/aromatic N) is 2. The van der Waals surface area contributed by atoms with Crippen LogP contribution >= 0.6 is 0 Å². The van der Waals surface area contributed by atoms with Crippen molar-refractivity contribution in [3.05, 3.63) is 24.5 Å². The number of ketones is 1. The van der Waals surface area contributed by atoms with E-state index < -0.39 is 0 Å². The standard InChI is InChI=1S/C8H11N3O/c1-2-3-4-5-8(12)7-6-9-11-10-7/h2,6H,1,3-5H2,(H,9,10,11). The van der Waals surface area contributed by atoms with Crippen LogP contribution in [0.5, 0.6) is 0 Å². The van der Waals surface area contributed by atoms with Crippen LogP contribution < -0.4 is 0 Å². The lowest BCUT2D eigenvalue weighted by molar-refractivity contribution is 0.0975. The molecule has 0 aliphatic carbocycles. The number of aromatic amines is 1. The van der Waals surface area contributed by atoms with E-state index in [-0.39, 0.29) is 5.78 Å². The van der Waals surface area contributed by atoms with Crippen molar-refractivity contribution < 1.29 is 4.79 Å². The van der Waals surface area contributed by atoms with Crippen LogP contribution in [0.25, 0.3) is 0 Å². The maximum Gasteiger partial charge on any atom is 0.184 e. The molecule has 1 rings (SSSR count). The van der Waals surface area contributed by atoms with Crippen molar-refractivity contribution in [3.63, 3.8) is 0 Å². The van der Waals surface area contributed by atoms with E-state index in [1.54, 1.807) is 6.08 Å². The molecule has 0 atom stereocenters. The minimum atomic E-state index is 0.0330. The fraction of sp³-hybridized carbons (Fsp3) is 0.375. The van der Waals surface area contributed by atoms with Gasteiger partial charge >= 0.3 is 0 Å². The van der Waals surface area contributed by atoms with Gasteiger partial charge < -0.3 is 0 Å². The average Bonchev–Trinajstić information content (AvgIpc) is 2.56. The van der Waals surface area contributed by atoms with Crippen molar-refractivity contribution >= 4 is 5.78 Å². The molecular weight excluding hydrogens is 154 g/mol. The van der Waals surface area contributed by atoms with Crippen LogP contribution in [0.1, 0.15) is 29.8 Å². The van der Waals surface area contributed by atoms with Gasteiger partial charge in [0, 0.05) is 6.42 Å². The summed E-state index contributed by atoms with van der Waals surface area (Å²) in [5, 5.41) is 9.64. The zero-order valence-corrected chi connectivity index (χ0v) is 6.79. The Morgan fingerprint density at radius 3 is 3.17 bits per heavy atom. The number of hydrogen-bond donors (Lipinski definition) is 1. The molecule has 0 saturated heterocycles. The fourth-order valence-corrected chi connectivity index (χ4v) is 0.871. The number of allylic oxidation sites excluding steroid dienone is 1. The molecule has 0 bridgehead atoms. The number of hydrogen-bond acceptors (Lipinski definition) is 3. The van der Waals surface area contributed by atoms with E-state index in [4.69, 9.17) is 0 Å². The summed E-state index contributed by atoms with van der Waals surface area (Å²) in [6, 6.07) is 0. The van der Waals surface area contributed by atoms with E-state index in [2.05, 4.69) is 22.0 Å². The molecule has 0 unspecified atom stereocenters. The molecule has 1 N–H and O–H groups in total. The summed E-state index contributed by atoms with van der Waals surface area (Å²) in [4.78, 5) is 11.2. The van der Waals surface area contributed by atoms with E-state index in [0.717, 1.165) is 12.8 Å². The highest BCUT2D eigenvalue weighted by Crippen LogP contribution is 2.02. The molecule has 12 heavy (non-hydrogen) atoms. The van der Waals surface area contributed by atoms with Crippen LogP contribution in [0.15, 0.2) is 18.9 Å². The Kier molecular flexibility index (Phi) is 3.19. The van der Waals surface area contributed by atoms with Crippen molar-refractivity contribution in [2.45, 2.75) is 19.3 Å². The Labute approximate surface area is 70.7 Å². The number of Topliss-reactive ketones (excluding diaryl/α,β-unsaturated/α-hetero) is 1. The molecule has 0 amide bonds. The minimum Gasteiger partial charge on any atom is -0.292 e. The zero-order chi connectivity index (χ0) is 8.81. The summed E-state index contributed by atoms with van der Waals surface area (Å²) in [6.45, 7) is 3.57. The molecule has 4 nitrogen and oxygen atoms in total. The molecule has 0 saturated carbocycles. The molecule has 0 radical (unpaired) electrons. The quantitative estimate of drug-likeness (QED) is 0.407. The van der Waals surface area contributed by atoms with Gasteiger partial charge in [0.05, 0.1) is 6.20 Å². The third-order valence-electron chi connectivity index (χ3n) is 1.51. The maximum atomic E-state index is 11.2. The van der Waals surface area contributed by atoms with Gasteiger partial charge in [-0.2, -0.15) is 15.4 Å². The van der Waals surface area contributed by atoms with Gasteiger partial charge in [-0.05, 0) is 12.8 Å². The summed E-state index contributed by atoms with van der Waals surface area (Å²) in [5.74, 6) is 0.0330. The lowest BCUT2D eigenvalue weighted by Gasteiger charge is -1.92.